The zero-order valence-electron chi connectivity index (χ0n) is 15.2. The number of nitrogens with one attached hydrogen (secondary N) is 3. The van der Waals surface area contributed by atoms with Crippen LogP contribution in [0.3, 0.4) is 0 Å². The second-order valence-electron chi connectivity index (χ2n) is 8.33. The number of benzene rings is 1. The standard InChI is InChI=1S/C20H24N6O/c21-11-17(18(22)23)26-25-16-3-1-2-15(7-16)19(27)24-20-8-12-4-13(9-20)6-14(5-12)10-20/h1-3,7,12-14,25H,4-6,8-10H2,(H3,22,23)(H,24,27)/b26-17+. The van der Waals surface area contributed by atoms with Crippen LogP contribution in [0.5, 0.6) is 0 Å². The molecule has 4 aliphatic carbocycles. The molecule has 140 valence electrons. The number of amidine groups is 1. The van der Waals surface area contributed by atoms with Crippen molar-refractivity contribution in [3.05, 3.63) is 29.8 Å². The first-order valence-corrected chi connectivity index (χ1v) is 9.47. The summed E-state index contributed by atoms with van der Waals surface area (Å²) in [6, 6.07) is 8.76. The van der Waals surface area contributed by atoms with Gasteiger partial charge < -0.3 is 11.1 Å². The highest BCUT2D eigenvalue weighted by atomic mass is 16.1. The normalized spacial score (nSPS) is 31.2. The van der Waals surface area contributed by atoms with E-state index in [2.05, 4.69) is 15.8 Å². The maximum absolute atomic E-state index is 12.9. The molecule has 0 heterocycles. The fourth-order valence-corrected chi connectivity index (χ4v) is 5.57. The number of hydrogen-bond acceptors (Lipinski definition) is 5. The van der Waals surface area contributed by atoms with Gasteiger partial charge in [0.2, 0.25) is 5.71 Å². The molecule has 7 heteroatoms. The molecule has 4 bridgehead atoms. The lowest BCUT2D eigenvalue weighted by molar-refractivity contribution is -0.0167. The van der Waals surface area contributed by atoms with E-state index in [-0.39, 0.29) is 17.2 Å². The van der Waals surface area contributed by atoms with Crippen molar-refractivity contribution in [1.29, 1.82) is 10.7 Å². The number of anilines is 1. The molecule has 1 aromatic carbocycles. The zero-order chi connectivity index (χ0) is 19.0. The maximum atomic E-state index is 12.9. The quantitative estimate of drug-likeness (QED) is 0.364. The highest BCUT2D eigenvalue weighted by Crippen LogP contribution is 2.55. The number of nitrogens with two attached hydrogens (primary N) is 1. The van der Waals surface area contributed by atoms with Crippen LogP contribution < -0.4 is 16.5 Å². The Morgan fingerprint density at radius 2 is 1.85 bits per heavy atom. The van der Waals surface area contributed by atoms with Crippen molar-refractivity contribution in [2.75, 3.05) is 5.43 Å². The van der Waals surface area contributed by atoms with Crippen LogP contribution in [0.25, 0.3) is 0 Å². The molecule has 4 aliphatic rings. The molecule has 4 saturated carbocycles. The van der Waals surface area contributed by atoms with Gasteiger partial charge >= 0.3 is 0 Å². The highest BCUT2D eigenvalue weighted by Gasteiger charge is 2.51. The maximum Gasteiger partial charge on any atom is 0.251 e. The zero-order valence-corrected chi connectivity index (χ0v) is 15.2. The van der Waals surface area contributed by atoms with E-state index < -0.39 is 5.84 Å². The average molecular weight is 364 g/mol. The Hall–Kier alpha value is -2.88. The molecular weight excluding hydrogens is 340 g/mol. The lowest BCUT2D eigenvalue weighted by Gasteiger charge is -2.56. The van der Waals surface area contributed by atoms with Crippen molar-refractivity contribution in [2.24, 2.45) is 28.6 Å². The Bertz CT molecular complexity index is 817. The largest absolute Gasteiger partial charge is 0.382 e. The Labute approximate surface area is 158 Å². The van der Waals surface area contributed by atoms with Crippen molar-refractivity contribution in [1.82, 2.24) is 5.32 Å². The van der Waals surface area contributed by atoms with E-state index in [0.717, 1.165) is 37.0 Å². The predicted molar refractivity (Wildman–Crippen MR) is 103 cm³/mol. The van der Waals surface area contributed by atoms with Crippen molar-refractivity contribution in [3.63, 3.8) is 0 Å². The van der Waals surface area contributed by atoms with E-state index in [0.29, 0.717) is 11.3 Å². The molecule has 0 spiro atoms. The molecule has 5 rings (SSSR count). The van der Waals surface area contributed by atoms with Crippen molar-refractivity contribution in [2.45, 2.75) is 44.1 Å². The summed E-state index contributed by atoms with van der Waals surface area (Å²) >= 11 is 0. The number of amides is 1. The molecule has 27 heavy (non-hydrogen) atoms. The minimum atomic E-state index is -0.402. The smallest absolute Gasteiger partial charge is 0.251 e. The van der Waals surface area contributed by atoms with Crippen molar-refractivity contribution >= 4 is 23.1 Å². The number of nitrogens with zero attached hydrogens (tertiary/aromatic N) is 2. The van der Waals surface area contributed by atoms with Crippen molar-refractivity contribution < 1.29 is 4.79 Å². The van der Waals surface area contributed by atoms with E-state index in [1.165, 1.54) is 19.3 Å². The SMILES string of the molecule is N#C/C(=N\Nc1cccc(C(=O)NC23CC4CC(CC(C4)C2)C3)c1)C(=N)N. The summed E-state index contributed by atoms with van der Waals surface area (Å²) in [6.45, 7) is 0. The molecule has 0 unspecified atom stereocenters. The molecule has 0 atom stereocenters. The predicted octanol–water partition coefficient (Wildman–Crippen LogP) is 2.61. The third-order valence-electron chi connectivity index (χ3n) is 6.20. The van der Waals surface area contributed by atoms with Gasteiger partial charge in [0.15, 0.2) is 5.84 Å². The molecular formula is C20H24N6O. The summed E-state index contributed by atoms with van der Waals surface area (Å²) in [4.78, 5) is 12.9. The number of hydrazone groups is 1. The van der Waals surface area contributed by atoms with Gasteiger partial charge in [0.25, 0.3) is 5.91 Å². The average Bonchev–Trinajstić information content (AvgIpc) is 2.60. The van der Waals surface area contributed by atoms with Gasteiger partial charge in [-0.1, -0.05) is 6.07 Å². The first kappa shape index (κ1) is 17.5. The van der Waals surface area contributed by atoms with E-state index >= 15 is 0 Å². The minimum Gasteiger partial charge on any atom is -0.382 e. The van der Waals surface area contributed by atoms with Gasteiger partial charge in [-0.25, -0.2) is 0 Å². The first-order chi connectivity index (χ1) is 13.0. The molecule has 1 aromatic rings. The van der Waals surface area contributed by atoms with E-state index in [1.807, 2.05) is 0 Å². The van der Waals surface area contributed by atoms with Crippen LogP contribution in [-0.4, -0.2) is 23.0 Å². The Morgan fingerprint density at radius 3 is 2.41 bits per heavy atom. The highest BCUT2D eigenvalue weighted by molar-refractivity contribution is 6.45. The summed E-state index contributed by atoms with van der Waals surface area (Å²) in [5.74, 6) is 1.86. The molecule has 0 aliphatic heterocycles. The number of rotatable bonds is 5. The summed E-state index contributed by atoms with van der Waals surface area (Å²) in [5, 5.41) is 23.3. The van der Waals surface area contributed by atoms with Gasteiger partial charge in [-0.3, -0.25) is 15.6 Å². The van der Waals surface area contributed by atoms with Gasteiger partial charge in [0, 0.05) is 11.1 Å². The molecule has 0 saturated heterocycles. The molecule has 0 aromatic heterocycles. The third kappa shape index (κ3) is 3.52. The lowest BCUT2D eigenvalue weighted by Crippen LogP contribution is -2.59. The Morgan fingerprint density at radius 1 is 1.22 bits per heavy atom. The Kier molecular flexibility index (Phi) is 4.34. The van der Waals surface area contributed by atoms with Crippen LogP contribution >= 0.6 is 0 Å². The number of hydrogen-bond donors (Lipinski definition) is 4. The van der Waals surface area contributed by atoms with Gasteiger partial charge in [0.1, 0.15) is 6.07 Å². The summed E-state index contributed by atoms with van der Waals surface area (Å²) in [5.41, 5.74) is 8.88. The summed E-state index contributed by atoms with van der Waals surface area (Å²) in [6.07, 6.45) is 7.34. The fraction of sp³-hybridized carbons (Fsp3) is 0.500. The molecule has 7 nitrogen and oxygen atoms in total. The van der Waals surface area contributed by atoms with Gasteiger partial charge in [-0.15, -0.1) is 0 Å². The van der Waals surface area contributed by atoms with E-state index in [9.17, 15) is 4.79 Å². The van der Waals surface area contributed by atoms with Gasteiger partial charge in [0.05, 0.1) is 5.69 Å². The topological polar surface area (TPSA) is 127 Å². The van der Waals surface area contributed by atoms with Gasteiger partial charge in [-0.2, -0.15) is 10.4 Å². The first-order valence-electron chi connectivity index (χ1n) is 9.47. The Balaban J connectivity index is 1.47. The second-order valence-corrected chi connectivity index (χ2v) is 8.33. The molecule has 4 fully saturated rings. The number of nitriles is 1. The van der Waals surface area contributed by atoms with Crippen molar-refractivity contribution in [3.8, 4) is 6.07 Å². The minimum absolute atomic E-state index is 0.0317. The molecule has 0 radical (unpaired) electrons. The van der Waals surface area contributed by atoms with Crippen LogP contribution in [0.15, 0.2) is 29.4 Å². The summed E-state index contributed by atoms with van der Waals surface area (Å²) in [7, 11) is 0. The van der Waals surface area contributed by atoms with E-state index in [4.69, 9.17) is 16.4 Å². The van der Waals surface area contributed by atoms with Gasteiger partial charge in [-0.05, 0) is 74.5 Å². The lowest BCUT2D eigenvalue weighted by atomic mass is 9.53. The van der Waals surface area contributed by atoms with E-state index in [1.54, 1.807) is 30.3 Å². The van der Waals surface area contributed by atoms with Crippen LogP contribution in [0.1, 0.15) is 48.9 Å². The number of carbonyl (C=O) groups excluding carboxylic acids is 1. The van der Waals surface area contributed by atoms with Crippen LogP contribution in [0, 0.1) is 34.5 Å². The molecule has 5 N–H and O–H groups in total. The van der Waals surface area contributed by atoms with Crippen LogP contribution in [0.4, 0.5) is 5.69 Å². The fourth-order valence-electron chi connectivity index (χ4n) is 5.57. The summed E-state index contributed by atoms with van der Waals surface area (Å²) < 4.78 is 0. The van der Waals surface area contributed by atoms with Crippen LogP contribution in [-0.2, 0) is 0 Å². The molecule has 1 amide bonds. The monoisotopic (exact) mass is 364 g/mol. The van der Waals surface area contributed by atoms with Crippen LogP contribution in [0.2, 0.25) is 0 Å². The second kappa shape index (κ2) is 6.69. The number of carbonyl (C=O) groups is 1. The third-order valence-corrected chi connectivity index (χ3v) is 6.20.